The molecule has 2 aliphatic rings. The number of halogens is 1. The normalized spacial score (nSPS) is 31.5. The Labute approximate surface area is 88.0 Å². The van der Waals surface area contributed by atoms with Crippen molar-refractivity contribution in [2.45, 2.75) is 44.9 Å². The van der Waals surface area contributed by atoms with E-state index in [-0.39, 0.29) is 24.9 Å². The maximum atomic E-state index is 13.1. The van der Waals surface area contributed by atoms with Crippen molar-refractivity contribution in [2.75, 3.05) is 6.54 Å². The van der Waals surface area contributed by atoms with Gasteiger partial charge in [-0.3, -0.25) is 9.69 Å². The van der Waals surface area contributed by atoms with Crippen LogP contribution in [0.25, 0.3) is 0 Å². The van der Waals surface area contributed by atoms with Crippen molar-refractivity contribution < 1.29 is 14.0 Å². The van der Waals surface area contributed by atoms with Gasteiger partial charge in [0, 0.05) is 12.0 Å². The van der Waals surface area contributed by atoms with Crippen LogP contribution in [0.3, 0.4) is 0 Å². The summed E-state index contributed by atoms with van der Waals surface area (Å²) in [5, 5.41) is 0. The highest BCUT2D eigenvalue weighted by molar-refractivity contribution is 6.05. The fourth-order valence-corrected chi connectivity index (χ4v) is 2.22. The van der Waals surface area contributed by atoms with Gasteiger partial charge in [-0.1, -0.05) is 0 Å². The average Bonchev–Trinajstić information content (AvgIpc) is 2.52. The van der Waals surface area contributed by atoms with Crippen molar-refractivity contribution in [3.8, 4) is 0 Å². The molecule has 2 atom stereocenters. The maximum Gasteiger partial charge on any atom is 0.328 e. The molecule has 0 radical (unpaired) electrons. The summed E-state index contributed by atoms with van der Waals surface area (Å²) >= 11 is 0. The van der Waals surface area contributed by atoms with Crippen molar-refractivity contribution >= 4 is 11.9 Å². The smallest absolute Gasteiger partial charge is 0.309 e. The fourth-order valence-electron chi connectivity index (χ4n) is 2.22. The quantitative estimate of drug-likeness (QED) is 0.568. The van der Waals surface area contributed by atoms with Gasteiger partial charge in [-0.05, 0) is 20.8 Å². The standard InChI is InChI=1S/C10H15FN2O2/c1-10(2,3)13-8(14)7-4-6(11)5-12(7)9(13)15/h6-7H,4-5H2,1-3H3/t6-,7+/m0/s1. The first-order chi connectivity index (χ1) is 6.82. The van der Waals surface area contributed by atoms with E-state index in [1.807, 2.05) is 0 Å². The van der Waals surface area contributed by atoms with E-state index >= 15 is 0 Å². The van der Waals surface area contributed by atoms with Crippen LogP contribution in [-0.2, 0) is 4.79 Å². The second-order valence-electron chi connectivity index (χ2n) is 5.13. The minimum absolute atomic E-state index is 0.0574. The summed E-state index contributed by atoms with van der Waals surface area (Å²) in [5.41, 5.74) is -0.523. The number of rotatable bonds is 0. The molecule has 0 aromatic heterocycles. The molecule has 0 N–H and O–H groups in total. The summed E-state index contributed by atoms with van der Waals surface area (Å²) in [4.78, 5) is 26.3. The molecule has 84 valence electrons. The SMILES string of the molecule is CC(C)(C)N1C(=O)[C@H]2C[C@H](F)CN2C1=O. The Morgan fingerprint density at radius 2 is 1.93 bits per heavy atom. The summed E-state index contributed by atoms with van der Waals surface area (Å²) in [6.45, 7) is 5.47. The highest BCUT2D eigenvalue weighted by Crippen LogP contribution is 2.33. The van der Waals surface area contributed by atoms with Gasteiger partial charge in [0.25, 0.3) is 5.91 Å². The number of urea groups is 1. The van der Waals surface area contributed by atoms with E-state index in [0.29, 0.717) is 0 Å². The molecule has 0 unspecified atom stereocenters. The lowest BCUT2D eigenvalue weighted by molar-refractivity contribution is -0.131. The number of alkyl halides is 1. The van der Waals surface area contributed by atoms with Crippen LogP contribution in [0.4, 0.5) is 9.18 Å². The van der Waals surface area contributed by atoms with Gasteiger partial charge < -0.3 is 4.90 Å². The number of carbonyl (C=O) groups excluding carboxylic acids is 2. The van der Waals surface area contributed by atoms with Crippen LogP contribution in [0, 0.1) is 0 Å². The number of hydrogen-bond acceptors (Lipinski definition) is 2. The molecular formula is C10H15FN2O2. The Balaban J connectivity index is 2.28. The van der Waals surface area contributed by atoms with E-state index in [4.69, 9.17) is 0 Å². The van der Waals surface area contributed by atoms with Gasteiger partial charge in [-0.2, -0.15) is 0 Å². The first-order valence-electron chi connectivity index (χ1n) is 5.11. The van der Waals surface area contributed by atoms with Crippen LogP contribution in [0.15, 0.2) is 0 Å². The zero-order chi connectivity index (χ0) is 11.4. The van der Waals surface area contributed by atoms with E-state index in [0.717, 1.165) is 0 Å². The molecule has 5 heteroatoms. The molecule has 2 saturated heterocycles. The lowest BCUT2D eigenvalue weighted by Gasteiger charge is -2.29. The Morgan fingerprint density at radius 3 is 2.40 bits per heavy atom. The maximum absolute atomic E-state index is 13.1. The van der Waals surface area contributed by atoms with E-state index in [2.05, 4.69) is 0 Å². The predicted octanol–water partition coefficient (Wildman–Crippen LogP) is 1.16. The Bertz CT molecular complexity index is 300. The Hall–Kier alpha value is -1.13. The average molecular weight is 214 g/mol. The summed E-state index contributed by atoms with van der Waals surface area (Å²) in [5.74, 6) is -0.257. The Kier molecular flexibility index (Phi) is 2.03. The van der Waals surface area contributed by atoms with E-state index in [1.54, 1.807) is 20.8 Å². The molecule has 0 bridgehead atoms. The molecule has 4 nitrogen and oxygen atoms in total. The third-order valence-electron chi connectivity index (χ3n) is 2.86. The van der Waals surface area contributed by atoms with Gasteiger partial charge in [0.15, 0.2) is 0 Å². The molecule has 2 heterocycles. The zero-order valence-electron chi connectivity index (χ0n) is 9.16. The molecule has 0 aliphatic carbocycles. The molecular weight excluding hydrogens is 199 g/mol. The van der Waals surface area contributed by atoms with Gasteiger partial charge in [0.2, 0.25) is 0 Å². The topological polar surface area (TPSA) is 40.6 Å². The van der Waals surface area contributed by atoms with Crippen LogP contribution >= 0.6 is 0 Å². The van der Waals surface area contributed by atoms with Gasteiger partial charge >= 0.3 is 6.03 Å². The molecule has 0 aromatic carbocycles. The summed E-state index contributed by atoms with van der Waals surface area (Å²) in [6, 6.07) is -0.913. The molecule has 0 saturated carbocycles. The molecule has 3 amide bonds. The summed E-state index contributed by atoms with van der Waals surface area (Å²) in [7, 11) is 0. The lowest BCUT2D eigenvalue weighted by Crippen LogP contribution is -2.47. The van der Waals surface area contributed by atoms with Crippen LogP contribution in [0.2, 0.25) is 0 Å². The number of fused-ring (bicyclic) bond motifs is 1. The van der Waals surface area contributed by atoms with Crippen LogP contribution in [0.1, 0.15) is 27.2 Å². The molecule has 2 rings (SSSR count). The lowest BCUT2D eigenvalue weighted by atomic mass is 10.1. The van der Waals surface area contributed by atoms with Gasteiger partial charge in [-0.25, -0.2) is 9.18 Å². The predicted molar refractivity (Wildman–Crippen MR) is 52.0 cm³/mol. The number of nitrogens with zero attached hydrogens (tertiary/aromatic N) is 2. The number of hydrogen-bond donors (Lipinski definition) is 0. The highest BCUT2D eigenvalue weighted by atomic mass is 19.1. The largest absolute Gasteiger partial charge is 0.328 e. The fraction of sp³-hybridized carbons (Fsp3) is 0.800. The third-order valence-corrected chi connectivity index (χ3v) is 2.86. The van der Waals surface area contributed by atoms with Crippen molar-refractivity contribution in [1.82, 2.24) is 9.80 Å². The van der Waals surface area contributed by atoms with E-state index in [9.17, 15) is 14.0 Å². The number of imide groups is 1. The molecule has 15 heavy (non-hydrogen) atoms. The summed E-state index contributed by atoms with van der Waals surface area (Å²) < 4.78 is 13.1. The number of carbonyl (C=O) groups is 2. The molecule has 2 fully saturated rings. The van der Waals surface area contributed by atoms with Crippen LogP contribution in [0.5, 0.6) is 0 Å². The van der Waals surface area contributed by atoms with Gasteiger partial charge in [0.05, 0.1) is 6.54 Å². The zero-order valence-corrected chi connectivity index (χ0v) is 9.16. The van der Waals surface area contributed by atoms with Gasteiger partial charge in [-0.15, -0.1) is 0 Å². The molecule has 2 aliphatic heterocycles. The Morgan fingerprint density at radius 1 is 1.33 bits per heavy atom. The van der Waals surface area contributed by atoms with Crippen molar-refractivity contribution in [1.29, 1.82) is 0 Å². The summed E-state index contributed by atoms with van der Waals surface area (Å²) in [6.07, 6.45) is -0.901. The van der Waals surface area contributed by atoms with Crippen molar-refractivity contribution in [3.05, 3.63) is 0 Å². The highest BCUT2D eigenvalue weighted by Gasteiger charge is 2.53. The van der Waals surface area contributed by atoms with Crippen LogP contribution < -0.4 is 0 Å². The molecule has 0 spiro atoms. The monoisotopic (exact) mass is 214 g/mol. The third kappa shape index (κ3) is 1.41. The number of amides is 3. The van der Waals surface area contributed by atoms with Gasteiger partial charge in [0.1, 0.15) is 12.2 Å². The second kappa shape index (κ2) is 2.93. The van der Waals surface area contributed by atoms with E-state index in [1.165, 1.54) is 9.80 Å². The van der Waals surface area contributed by atoms with Crippen LogP contribution in [-0.4, -0.2) is 46.0 Å². The molecule has 0 aromatic rings. The van der Waals surface area contributed by atoms with E-state index < -0.39 is 17.8 Å². The minimum atomic E-state index is -1.05. The first-order valence-corrected chi connectivity index (χ1v) is 5.11. The van der Waals surface area contributed by atoms with Crippen molar-refractivity contribution in [2.24, 2.45) is 0 Å². The minimum Gasteiger partial charge on any atom is -0.309 e. The van der Waals surface area contributed by atoms with Crippen molar-refractivity contribution in [3.63, 3.8) is 0 Å². The first kappa shape index (κ1) is 10.4. The second-order valence-corrected chi connectivity index (χ2v) is 5.13.